The molecule has 0 spiro atoms. The molecule has 2 aromatic rings. The third-order valence-corrected chi connectivity index (χ3v) is 3.58. The van der Waals surface area contributed by atoms with E-state index in [1.807, 2.05) is 6.92 Å². The van der Waals surface area contributed by atoms with E-state index in [0.29, 0.717) is 17.4 Å². The van der Waals surface area contributed by atoms with E-state index in [0.717, 1.165) is 16.1 Å². The Bertz CT molecular complexity index is 599. The van der Waals surface area contributed by atoms with E-state index in [9.17, 15) is 5.11 Å². The monoisotopic (exact) mass is 264 g/mol. The molecule has 0 aromatic carbocycles. The van der Waals surface area contributed by atoms with Gasteiger partial charge in [0.2, 0.25) is 5.13 Å². The van der Waals surface area contributed by atoms with Crippen molar-refractivity contribution >= 4 is 16.5 Å². The molecule has 0 amide bonds. The Hall–Kier alpha value is -1.73. The Balaban J connectivity index is 1.92. The summed E-state index contributed by atoms with van der Waals surface area (Å²) in [5, 5.41) is 22.7. The zero-order chi connectivity index (χ0) is 12.7. The van der Waals surface area contributed by atoms with Gasteiger partial charge in [0.1, 0.15) is 10.8 Å². The molecule has 2 aromatic heterocycles. The first kappa shape index (κ1) is 11.4. The van der Waals surface area contributed by atoms with Crippen LogP contribution in [0.1, 0.15) is 28.1 Å². The predicted molar refractivity (Wildman–Crippen MR) is 66.4 cm³/mol. The summed E-state index contributed by atoms with van der Waals surface area (Å²) in [7, 11) is 0. The minimum atomic E-state index is -0.394. The van der Waals surface area contributed by atoms with Crippen molar-refractivity contribution in [3.63, 3.8) is 0 Å². The van der Waals surface area contributed by atoms with Crippen LogP contribution >= 0.6 is 11.3 Å². The molecule has 0 fully saturated rings. The van der Waals surface area contributed by atoms with Gasteiger partial charge < -0.3 is 15.2 Å². The number of hydrogen-bond acceptors (Lipinski definition) is 7. The van der Waals surface area contributed by atoms with Crippen molar-refractivity contribution in [3.8, 4) is 5.75 Å². The predicted octanol–water partition coefficient (Wildman–Crippen LogP) is 1.90. The van der Waals surface area contributed by atoms with Crippen LogP contribution in [0.3, 0.4) is 0 Å². The lowest BCUT2D eigenvalue weighted by molar-refractivity contribution is 0.0847. The van der Waals surface area contributed by atoms with Gasteiger partial charge in [0.25, 0.3) is 0 Å². The Morgan fingerprint density at radius 2 is 2.28 bits per heavy atom. The number of anilines is 1. The lowest BCUT2D eigenvalue weighted by Gasteiger charge is -2.13. The molecule has 0 radical (unpaired) electrons. The van der Waals surface area contributed by atoms with Crippen LogP contribution in [-0.2, 0) is 11.3 Å². The summed E-state index contributed by atoms with van der Waals surface area (Å²) in [6.45, 7) is 4.09. The van der Waals surface area contributed by atoms with Crippen LogP contribution in [0.5, 0.6) is 5.75 Å². The number of rotatable bonds is 2. The van der Waals surface area contributed by atoms with Crippen molar-refractivity contribution in [2.24, 2.45) is 0 Å². The fourth-order valence-electron chi connectivity index (χ4n) is 1.90. The Labute approximate surface area is 108 Å². The summed E-state index contributed by atoms with van der Waals surface area (Å²) in [6.07, 6.45) is 1.34. The molecule has 0 bridgehead atoms. The van der Waals surface area contributed by atoms with Gasteiger partial charge >= 0.3 is 0 Å². The van der Waals surface area contributed by atoms with E-state index in [2.05, 4.69) is 20.5 Å². The van der Waals surface area contributed by atoms with Crippen LogP contribution in [-0.4, -0.2) is 20.3 Å². The summed E-state index contributed by atoms with van der Waals surface area (Å²) >= 11 is 1.45. The second-order valence-corrected chi connectivity index (χ2v) is 5.27. The Morgan fingerprint density at radius 3 is 3.00 bits per heavy atom. The molecule has 94 valence electrons. The zero-order valence-electron chi connectivity index (χ0n) is 9.97. The summed E-state index contributed by atoms with van der Waals surface area (Å²) in [4.78, 5) is 4.11. The van der Waals surface area contributed by atoms with Crippen molar-refractivity contribution in [2.75, 3.05) is 5.32 Å². The van der Waals surface area contributed by atoms with E-state index < -0.39 is 6.23 Å². The van der Waals surface area contributed by atoms with E-state index in [1.54, 1.807) is 13.1 Å². The first-order valence-corrected chi connectivity index (χ1v) is 6.32. The minimum Gasteiger partial charge on any atom is -0.506 e. The molecule has 7 heteroatoms. The minimum absolute atomic E-state index is 0.184. The van der Waals surface area contributed by atoms with Crippen molar-refractivity contribution in [1.29, 1.82) is 0 Å². The van der Waals surface area contributed by atoms with Gasteiger partial charge in [-0.1, -0.05) is 11.3 Å². The fraction of sp³-hybridized carbons (Fsp3) is 0.364. The topological polar surface area (TPSA) is 80.2 Å². The highest BCUT2D eigenvalue weighted by atomic mass is 32.1. The molecule has 6 nitrogen and oxygen atoms in total. The number of hydrogen-bond donors (Lipinski definition) is 2. The Morgan fingerprint density at radius 1 is 1.44 bits per heavy atom. The largest absolute Gasteiger partial charge is 0.506 e. The smallest absolute Gasteiger partial charge is 0.207 e. The van der Waals surface area contributed by atoms with Gasteiger partial charge in [-0.05, 0) is 13.8 Å². The molecule has 0 aliphatic carbocycles. The molecule has 1 atom stereocenters. The normalized spacial score (nSPS) is 17.8. The summed E-state index contributed by atoms with van der Waals surface area (Å²) in [5.74, 6) is 0.184. The number of aromatic hydroxyl groups is 1. The van der Waals surface area contributed by atoms with Crippen LogP contribution in [0.4, 0.5) is 5.13 Å². The summed E-state index contributed by atoms with van der Waals surface area (Å²) < 4.78 is 5.60. The van der Waals surface area contributed by atoms with E-state index in [1.165, 1.54) is 11.3 Å². The van der Waals surface area contributed by atoms with Gasteiger partial charge in [0.05, 0.1) is 17.9 Å². The number of aryl methyl sites for hydroxylation is 2. The number of nitrogens with one attached hydrogen (secondary N) is 1. The van der Waals surface area contributed by atoms with Gasteiger partial charge in [0, 0.05) is 11.8 Å². The third kappa shape index (κ3) is 1.81. The number of pyridine rings is 1. The molecule has 18 heavy (non-hydrogen) atoms. The first-order chi connectivity index (χ1) is 8.65. The zero-order valence-corrected chi connectivity index (χ0v) is 10.8. The molecule has 2 N–H and O–H groups in total. The first-order valence-electron chi connectivity index (χ1n) is 5.50. The van der Waals surface area contributed by atoms with Crippen LogP contribution in [0.2, 0.25) is 0 Å². The number of aromatic nitrogens is 3. The average molecular weight is 264 g/mol. The maximum absolute atomic E-state index is 10.1. The van der Waals surface area contributed by atoms with Gasteiger partial charge in [-0.3, -0.25) is 4.98 Å². The second-order valence-electron chi connectivity index (χ2n) is 4.09. The molecular formula is C11H12N4O2S. The highest BCUT2D eigenvalue weighted by molar-refractivity contribution is 7.15. The molecule has 1 aliphatic rings. The van der Waals surface area contributed by atoms with Crippen molar-refractivity contribution in [2.45, 2.75) is 26.7 Å². The maximum Gasteiger partial charge on any atom is 0.207 e. The highest BCUT2D eigenvalue weighted by Crippen LogP contribution is 2.38. The number of nitrogens with zero attached hydrogens (tertiary/aromatic N) is 3. The standard InChI is InChI=1S/C11H12N4O2S/c1-5-9(16)8-7(3-12-5)4-17-10(8)13-11-15-14-6(2)18-11/h3,10,16H,4H2,1-2H3,(H,13,15). The SMILES string of the molecule is Cc1nnc(NC2OCc3cnc(C)c(O)c32)s1. The second kappa shape index (κ2) is 4.18. The van der Waals surface area contributed by atoms with Crippen molar-refractivity contribution in [3.05, 3.63) is 28.0 Å². The van der Waals surface area contributed by atoms with E-state index in [-0.39, 0.29) is 5.75 Å². The molecule has 0 saturated heterocycles. The summed E-state index contributed by atoms with van der Waals surface area (Å²) in [5.41, 5.74) is 2.24. The lowest BCUT2D eigenvalue weighted by atomic mass is 10.1. The van der Waals surface area contributed by atoms with Crippen LogP contribution in [0, 0.1) is 13.8 Å². The summed E-state index contributed by atoms with van der Waals surface area (Å²) in [6, 6.07) is 0. The lowest BCUT2D eigenvalue weighted by Crippen LogP contribution is -2.09. The molecular weight excluding hydrogens is 252 g/mol. The molecule has 1 aliphatic heterocycles. The van der Waals surface area contributed by atoms with Crippen LogP contribution < -0.4 is 5.32 Å². The third-order valence-electron chi connectivity index (χ3n) is 2.81. The van der Waals surface area contributed by atoms with E-state index in [4.69, 9.17) is 4.74 Å². The molecule has 3 heterocycles. The highest BCUT2D eigenvalue weighted by Gasteiger charge is 2.28. The number of ether oxygens (including phenoxy) is 1. The van der Waals surface area contributed by atoms with Gasteiger partial charge in [-0.15, -0.1) is 10.2 Å². The molecule has 0 saturated carbocycles. The molecule has 1 unspecified atom stereocenters. The molecule has 3 rings (SSSR count). The number of fused-ring (bicyclic) bond motifs is 1. The van der Waals surface area contributed by atoms with E-state index >= 15 is 0 Å². The van der Waals surface area contributed by atoms with Gasteiger partial charge in [-0.2, -0.15) is 0 Å². The van der Waals surface area contributed by atoms with Gasteiger partial charge in [0.15, 0.2) is 6.23 Å². The Kier molecular flexibility index (Phi) is 2.64. The van der Waals surface area contributed by atoms with Crippen molar-refractivity contribution in [1.82, 2.24) is 15.2 Å². The fourth-order valence-corrected chi connectivity index (χ4v) is 2.51. The van der Waals surface area contributed by atoms with Crippen LogP contribution in [0.15, 0.2) is 6.20 Å². The maximum atomic E-state index is 10.1. The quantitative estimate of drug-likeness (QED) is 0.862. The van der Waals surface area contributed by atoms with Crippen LogP contribution in [0.25, 0.3) is 0 Å². The van der Waals surface area contributed by atoms with Gasteiger partial charge in [-0.25, -0.2) is 0 Å². The van der Waals surface area contributed by atoms with Crippen molar-refractivity contribution < 1.29 is 9.84 Å². The average Bonchev–Trinajstić information content (AvgIpc) is 2.92.